The van der Waals surface area contributed by atoms with Crippen molar-refractivity contribution in [3.63, 3.8) is 0 Å². The topological polar surface area (TPSA) is 97.9 Å². The molecule has 3 heterocycles. The molecule has 0 spiro atoms. The second-order valence-electron chi connectivity index (χ2n) is 6.55. The van der Waals surface area contributed by atoms with E-state index in [1.54, 1.807) is 18.4 Å². The van der Waals surface area contributed by atoms with Crippen molar-refractivity contribution in [1.82, 2.24) is 15.0 Å². The molecule has 29 heavy (non-hydrogen) atoms. The number of aryl methyl sites for hydroxylation is 1. The maximum atomic E-state index is 12.8. The van der Waals surface area contributed by atoms with Gasteiger partial charge in [-0.1, -0.05) is 29.8 Å². The molecule has 1 aromatic carbocycles. The quantitative estimate of drug-likeness (QED) is 0.621. The summed E-state index contributed by atoms with van der Waals surface area (Å²) in [4.78, 5) is 32.5. The van der Waals surface area contributed by atoms with Crippen LogP contribution in [0.3, 0.4) is 0 Å². The van der Waals surface area contributed by atoms with Crippen LogP contribution in [0.15, 0.2) is 70.8 Å². The summed E-state index contributed by atoms with van der Waals surface area (Å²) in [5, 5.41) is 5.81. The molecule has 146 valence electrons. The van der Waals surface area contributed by atoms with E-state index in [0.29, 0.717) is 12.2 Å². The number of rotatable bonds is 5. The summed E-state index contributed by atoms with van der Waals surface area (Å²) in [5.41, 5.74) is 2.87. The molecule has 8 nitrogen and oxygen atoms in total. The minimum Gasteiger partial charge on any atom is -0.467 e. The van der Waals surface area contributed by atoms with Crippen molar-refractivity contribution in [3.05, 3.63) is 83.8 Å². The highest BCUT2D eigenvalue weighted by atomic mass is 16.5. The third kappa shape index (κ3) is 4.06. The summed E-state index contributed by atoms with van der Waals surface area (Å²) in [5.74, 6) is -0.557. The summed E-state index contributed by atoms with van der Waals surface area (Å²) < 4.78 is 10.6. The van der Waals surface area contributed by atoms with Crippen LogP contribution in [0.2, 0.25) is 0 Å². The van der Waals surface area contributed by atoms with Gasteiger partial charge in [-0.2, -0.15) is 5.10 Å². The highest BCUT2D eigenvalue weighted by molar-refractivity contribution is 6.03. The molecule has 2 aromatic heterocycles. The van der Waals surface area contributed by atoms with Crippen LogP contribution in [0, 0.1) is 6.92 Å². The average Bonchev–Trinajstić information content (AvgIpc) is 3.43. The van der Waals surface area contributed by atoms with Gasteiger partial charge in [0.15, 0.2) is 12.3 Å². The average molecular weight is 390 g/mol. The Bertz CT molecular complexity index is 1030. The Morgan fingerprint density at radius 3 is 2.72 bits per heavy atom. The number of hydrazone groups is 1. The van der Waals surface area contributed by atoms with Crippen LogP contribution in [0.1, 0.15) is 39.8 Å². The molecule has 0 unspecified atom stereocenters. The first-order valence-electron chi connectivity index (χ1n) is 9.05. The standard InChI is InChI=1S/C21H18N4O4/c1-14-4-6-15(7-5-14)16-11-18(19-3-2-10-28-19)25(24-16)20(26)13-29-21(27)17-12-22-8-9-23-17/h2-10,12,18H,11,13H2,1H3/t18-/m0/s1. The van der Waals surface area contributed by atoms with Crippen LogP contribution >= 0.6 is 0 Å². The Morgan fingerprint density at radius 2 is 2.03 bits per heavy atom. The Hall–Kier alpha value is -3.81. The Balaban J connectivity index is 1.52. The summed E-state index contributed by atoms with van der Waals surface area (Å²) in [6.07, 6.45) is 6.16. The van der Waals surface area contributed by atoms with Crippen molar-refractivity contribution >= 4 is 17.6 Å². The largest absolute Gasteiger partial charge is 0.467 e. The van der Waals surface area contributed by atoms with Crippen LogP contribution in [-0.4, -0.2) is 39.2 Å². The summed E-state index contributed by atoms with van der Waals surface area (Å²) in [7, 11) is 0. The van der Waals surface area contributed by atoms with E-state index in [1.807, 2.05) is 31.2 Å². The summed E-state index contributed by atoms with van der Waals surface area (Å²) in [6, 6.07) is 11.1. The monoisotopic (exact) mass is 390 g/mol. The fourth-order valence-corrected chi connectivity index (χ4v) is 3.04. The minimum atomic E-state index is -0.720. The van der Waals surface area contributed by atoms with Crippen molar-refractivity contribution in [3.8, 4) is 0 Å². The summed E-state index contributed by atoms with van der Waals surface area (Å²) in [6.45, 7) is 1.55. The van der Waals surface area contributed by atoms with Crippen LogP contribution < -0.4 is 0 Å². The number of carbonyl (C=O) groups excluding carboxylic acids is 2. The summed E-state index contributed by atoms with van der Waals surface area (Å²) >= 11 is 0. The number of furan rings is 1. The highest BCUT2D eigenvalue weighted by Crippen LogP contribution is 2.33. The van der Waals surface area contributed by atoms with Gasteiger partial charge in [0.25, 0.3) is 5.91 Å². The molecule has 8 heteroatoms. The number of nitrogens with zero attached hydrogens (tertiary/aromatic N) is 4. The molecule has 4 rings (SSSR count). The van der Waals surface area contributed by atoms with Crippen LogP contribution in [-0.2, 0) is 9.53 Å². The third-order valence-electron chi connectivity index (χ3n) is 4.52. The van der Waals surface area contributed by atoms with Gasteiger partial charge in [0, 0.05) is 18.8 Å². The number of hydrogen-bond donors (Lipinski definition) is 0. The second kappa shape index (κ2) is 8.05. The van der Waals surface area contributed by atoms with Gasteiger partial charge >= 0.3 is 5.97 Å². The molecule has 0 aliphatic carbocycles. The maximum absolute atomic E-state index is 12.8. The lowest BCUT2D eigenvalue weighted by molar-refractivity contribution is -0.136. The first-order valence-corrected chi connectivity index (χ1v) is 9.05. The third-order valence-corrected chi connectivity index (χ3v) is 4.52. The number of ether oxygens (including phenoxy) is 1. The number of aromatic nitrogens is 2. The second-order valence-corrected chi connectivity index (χ2v) is 6.55. The smallest absolute Gasteiger partial charge is 0.359 e. The molecule has 0 saturated carbocycles. The number of benzene rings is 1. The van der Waals surface area contributed by atoms with Gasteiger partial charge in [-0.3, -0.25) is 9.78 Å². The van der Waals surface area contributed by atoms with Crippen molar-refractivity contribution < 1.29 is 18.7 Å². The van der Waals surface area contributed by atoms with Crippen molar-refractivity contribution in [2.45, 2.75) is 19.4 Å². The maximum Gasteiger partial charge on any atom is 0.359 e. The van der Waals surface area contributed by atoms with Gasteiger partial charge in [0.2, 0.25) is 0 Å². The van der Waals surface area contributed by atoms with E-state index >= 15 is 0 Å². The van der Waals surface area contributed by atoms with Gasteiger partial charge in [-0.05, 0) is 24.6 Å². The molecule has 0 bridgehead atoms. The first kappa shape index (κ1) is 18.5. The molecule has 0 radical (unpaired) electrons. The molecule has 0 saturated heterocycles. The molecule has 1 amide bonds. The lowest BCUT2D eigenvalue weighted by Gasteiger charge is -2.19. The molecule has 1 aliphatic heterocycles. The fourth-order valence-electron chi connectivity index (χ4n) is 3.04. The van der Waals surface area contributed by atoms with Crippen molar-refractivity contribution in [1.29, 1.82) is 0 Å². The predicted octanol–water partition coefficient (Wildman–Crippen LogP) is 2.91. The zero-order chi connectivity index (χ0) is 20.2. The molecular weight excluding hydrogens is 372 g/mol. The van der Waals surface area contributed by atoms with E-state index in [-0.39, 0.29) is 5.69 Å². The van der Waals surface area contributed by atoms with E-state index in [0.717, 1.165) is 16.8 Å². The Kier molecular flexibility index (Phi) is 5.15. The van der Waals surface area contributed by atoms with Gasteiger partial charge in [0.1, 0.15) is 11.8 Å². The fraction of sp³-hybridized carbons (Fsp3) is 0.190. The lowest BCUT2D eigenvalue weighted by Crippen LogP contribution is -2.31. The molecule has 0 fully saturated rings. The molecule has 1 aliphatic rings. The van der Waals surface area contributed by atoms with E-state index in [1.165, 1.54) is 23.6 Å². The number of carbonyl (C=O) groups is 2. The molecule has 1 atom stereocenters. The van der Waals surface area contributed by atoms with Crippen molar-refractivity contribution in [2.24, 2.45) is 5.10 Å². The highest BCUT2D eigenvalue weighted by Gasteiger charge is 2.35. The molecular formula is C21H18N4O4. The van der Waals surface area contributed by atoms with E-state index < -0.39 is 24.5 Å². The molecule has 3 aromatic rings. The van der Waals surface area contributed by atoms with Gasteiger partial charge < -0.3 is 9.15 Å². The van der Waals surface area contributed by atoms with Gasteiger partial charge in [-0.15, -0.1) is 0 Å². The predicted molar refractivity (Wildman–Crippen MR) is 103 cm³/mol. The zero-order valence-electron chi connectivity index (χ0n) is 15.7. The normalized spacial score (nSPS) is 15.8. The number of hydrogen-bond acceptors (Lipinski definition) is 7. The van der Waals surface area contributed by atoms with Crippen LogP contribution in [0.4, 0.5) is 0 Å². The molecule has 0 N–H and O–H groups in total. The lowest BCUT2D eigenvalue weighted by atomic mass is 10.0. The minimum absolute atomic E-state index is 0.0353. The first-order chi connectivity index (χ1) is 14.1. The number of esters is 1. The Labute approximate surface area is 166 Å². The zero-order valence-corrected chi connectivity index (χ0v) is 15.7. The van der Waals surface area contributed by atoms with Crippen molar-refractivity contribution in [2.75, 3.05) is 6.61 Å². The van der Waals surface area contributed by atoms with E-state index in [2.05, 4.69) is 15.1 Å². The van der Waals surface area contributed by atoms with E-state index in [9.17, 15) is 9.59 Å². The van der Waals surface area contributed by atoms with Crippen LogP contribution in [0.25, 0.3) is 0 Å². The SMILES string of the molecule is Cc1ccc(C2=NN(C(=O)COC(=O)c3cnccn3)[C@H](c3ccco3)C2)cc1. The Morgan fingerprint density at radius 1 is 1.21 bits per heavy atom. The van der Waals surface area contributed by atoms with Gasteiger partial charge in [-0.25, -0.2) is 14.8 Å². The van der Waals surface area contributed by atoms with Gasteiger partial charge in [0.05, 0.1) is 18.2 Å². The van der Waals surface area contributed by atoms with E-state index in [4.69, 9.17) is 9.15 Å². The number of amides is 1. The van der Waals surface area contributed by atoms with Crippen LogP contribution in [0.5, 0.6) is 0 Å².